The van der Waals surface area contributed by atoms with E-state index in [1.165, 1.54) is 24.3 Å². The Labute approximate surface area is 161 Å². The van der Waals surface area contributed by atoms with Gasteiger partial charge in [-0.15, -0.1) is 0 Å². The van der Waals surface area contributed by atoms with Crippen molar-refractivity contribution in [2.75, 3.05) is 18.5 Å². The van der Waals surface area contributed by atoms with Crippen LogP contribution in [0, 0.1) is 5.82 Å². The molecule has 1 heterocycles. The molecule has 0 unspecified atom stereocenters. The molecule has 0 spiro atoms. The minimum absolute atomic E-state index is 0.127. The molecular weight excluding hydrogens is 395 g/mol. The molecule has 0 saturated carbocycles. The molecule has 144 valence electrons. The zero-order valence-electron chi connectivity index (χ0n) is 14.2. The highest BCUT2D eigenvalue weighted by atomic mass is 35.5. The Kier molecular flexibility index (Phi) is 6.11. The van der Waals surface area contributed by atoms with Gasteiger partial charge in [0.05, 0.1) is 16.7 Å². The predicted octanol–water partition coefficient (Wildman–Crippen LogP) is 3.19. The van der Waals surface area contributed by atoms with Gasteiger partial charge in [-0.3, -0.25) is 4.79 Å². The number of sulfonamides is 1. The molecule has 3 rings (SSSR count). The lowest BCUT2D eigenvalue weighted by Gasteiger charge is -2.12. The van der Waals surface area contributed by atoms with Crippen LogP contribution in [0.5, 0.6) is 0 Å². The van der Waals surface area contributed by atoms with Crippen LogP contribution < -0.4 is 10.0 Å². The summed E-state index contributed by atoms with van der Waals surface area (Å²) in [4.78, 5) is 11.9. The van der Waals surface area contributed by atoms with E-state index in [4.69, 9.17) is 16.3 Å². The summed E-state index contributed by atoms with van der Waals surface area (Å²) >= 11 is 5.83. The molecule has 2 aromatic rings. The third-order valence-electron chi connectivity index (χ3n) is 4.11. The SMILES string of the molecule is O=C(Nc1ccc(S(=O)(=O)NC[C@H]2CCCO2)cc1F)c1cccc(Cl)c1. The van der Waals surface area contributed by atoms with Crippen LogP contribution in [0.2, 0.25) is 5.02 Å². The number of carbonyl (C=O) groups is 1. The van der Waals surface area contributed by atoms with Crippen LogP contribution >= 0.6 is 11.6 Å². The zero-order chi connectivity index (χ0) is 19.4. The molecule has 27 heavy (non-hydrogen) atoms. The number of rotatable bonds is 6. The van der Waals surface area contributed by atoms with Gasteiger partial charge in [0.1, 0.15) is 5.82 Å². The van der Waals surface area contributed by atoms with E-state index in [-0.39, 0.29) is 28.8 Å². The largest absolute Gasteiger partial charge is 0.377 e. The average molecular weight is 413 g/mol. The Bertz CT molecular complexity index is 946. The van der Waals surface area contributed by atoms with E-state index < -0.39 is 21.7 Å². The normalized spacial score (nSPS) is 17.0. The highest BCUT2D eigenvalue weighted by Crippen LogP contribution is 2.21. The van der Waals surface area contributed by atoms with Crippen molar-refractivity contribution in [2.45, 2.75) is 23.8 Å². The summed E-state index contributed by atoms with van der Waals surface area (Å²) in [5, 5.41) is 2.78. The van der Waals surface area contributed by atoms with Gasteiger partial charge < -0.3 is 10.1 Å². The Morgan fingerprint density at radius 3 is 2.74 bits per heavy atom. The van der Waals surface area contributed by atoms with E-state index in [1.54, 1.807) is 12.1 Å². The first-order chi connectivity index (χ1) is 12.8. The van der Waals surface area contributed by atoms with Crippen molar-refractivity contribution in [1.29, 1.82) is 0 Å². The van der Waals surface area contributed by atoms with Gasteiger partial charge in [0, 0.05) is 23.7 Å². The second kappa shape index (κ2) is 8.35. The monoisotopic (exact) mass is 412 g/mol. The summed E-state index contributed by atoms with van der Waals surface area (Å²) < 4.78 is 46.7. The van der Waals surface area contributed by atoms with E-state index in [2.05, 4.69) is 10.0 Å². The summed E-state index contributed by atoms with van der Waals surface area (Å²) in [6.45, 7) is 0.749. The first-order valence-corrected chi connectivity index (χ1v) is 10.2. The fraction of sp³-hybridized carbons (Fsp3) is 0.278. The van der Waals surface area contributed by atoms with E-state index in [0.717, 1.165) is 18.9 Å². The average Bonchev–Trinajstić information content (AvgIpc) is 3.15. The number of carbonyl (C=O) groups excluding carboxylic acids is 1. The van der Waals surface area contributed by atoms with Gasteiger partial charge in [-0.2, -0.15) is 0 Å². The van der Waals surface area contributed by atoms with Crippen molar-refractivity contribution in [1.82, 2.24) is 4.72 Å². The highest BCUT2D eigenvalue weighted by Gasteiger charge is 2.21. The summed E-state index contributed by atoms with van der Waals surface area (Å²) in [6, 6.07) is 9.50. The first kappa shape index (κ1) is 19.8. The summed E-state index contributed by atoms with van der Waals surface area (Å²) in [7, 11) is -3.87. The molecule has 1 aliphatic rings. The zero-order valence-corrected chi connectivity index (χ0v) is 15.8. The molecule has 0 aromatic heterocycles. The molecule has 1 saturated heterocycles. The molecule has 2 aromatic carbocycles. The van der Waals surface area contributed by atoms with Gasteiger partial charge in [-0.1, -0.05) is 17.7 Å². The smallest absolute Gasteiger partial charge is 0.255 e. The third kappa shape index (κ3) is 5.04. The van der Waals surface area contributed by atoms with E-state index in [1.807, 2.05) is 0 Å². The van der Waals surface area contributed by atoms with Crippen LogP contribution in [0.4, 0.5) is 10.1 Å². The quantitative estimate of drug-likeness (QED) is 0.763. The van der Waals surface area contributed by atoms with Crippen LogP contribution in [-0.4, -0.2) is 33.6 Å². The van der Waals surface area contributed by atoms with E-state index in [9.17, 15) is 17.6 Å². The number of ether oxygens (including phenoxy) is 1. The van der Waals surface area contributed by atoms with Crippen LogP contribution in [-0.2, 0) is 14.8 Å². The maximum absolute atomic E-state index is 14.3. The Balaban J connectivity index is 1.70. The molecule has 1 amide bonds. The second-order valence-electron chi connectivity index (χ2n) is 6.09. The number of nitrogens with one attached hydrogen (secondary N) is 2. The molecule has 9 heteroatoms. The van der Waals surface area contributed by atoms with E-state index in [0.29, 0.717) is 11.6 Å². The van der Waals surface area contributed by atoms with Gasteiger partial charge in [0.15, 0.2) is 0 Å². The van der Waals surface area contributed by atoms with Crippen LogP contribution in [0.3, 0.4) is 0 Å². The summed E-state index contributed by atoms with van der Waals surface area (Å²) in [5.74, 6) is -1.41. The van der Waals surface area contributed by atoms with Gasteiger partial charge in [-0.25, -0.2) is 17.5 Å². The number of benzene rings is 2. The fourth-order valence-corrected chi connectivity index (χ4v) is 3.95. The van der Waals surface area contributed by atoms with Crippen LogP contribution in [0.15, 0.2) is 47.4 Å². The molecule has 6 nitrogen and oxygen atoms in total. The number of amides is 1. The second-order valence-corrected chi connectivity index (χ2v) is 8.30. The fourth-order valence-electron chi connectivity index (χ4n) is 2.68. The molecule has 1 aliphatic heterocycles. The van der Waals surface area contributed by atoms with Gasteiger partial charge in [-0.05, 0) is 49.2 Å². The van der Waals surface area contributed by atoms with Crippen molar-refractivity contribution in [3.8, 4) is 0 Å². The molecule has 0 radical (unpaired) electrons. The molecule has 1 fully saturated rings. The number of halogens is 2. The lowest BCUT2D eigenvalue weighted by atomic mass is 10.2. The third-order valence-corrected chi connectivity index (χ3v) is 5.77. The minimum atomic E-state index is -3.87. The number of hydrogen-bond donors (Lipinski definition) is 2. The van der Waals surface area contributed by atoms with Crippen LogP contribution in [0.1, 0.15) is 23.2 Å². The number of hydrogen-bond acceptors (Lipinski definition) is 4. The topological polar surface area (TPSA) is 84.5 Å². The van der Waals surface area contributed by atoms with Crippen molar-refractivity contribution in [3.63, 3.8) is 0 Å². The first-order valence-electron chi connectivity index (χ1n) is 8.33. The molecule has 0 aliphatic carbocycles. The van der Waals surface area contributed by atoms with Gasteiger partial charge >= 0.3 is 0 Å². The maximum atomic E-state index is 14.3. The van der Waals surface area contributed by atoms with E-state index >= 15 is 0 Å². The van der Waals surface area contributed by atoms with Crippen LogP contribution in [0.25, 0.3) is 0 Å². The summed E-state index contributed by atoms with van der Waals surface area (Å²) in [6.07, 6.45) is 1.51. The lowest BCUT2D eigenvalue weighted by Crippen LogP contribution is -2.31. The predicted molar refractivity (Wildman–Crippen MR) is 100.0 cm³/mol. The lowest BCUT2D eigenvalue weighted by molar-refractivity contribution is 0.102. The highest BCUT2D eigenvalue weighted by molar-refractivity contribution is 7.89. The molecule has 2 N–H and O–H groups in total. The van der Waals surface area contributed by atoms with Crippen molar-refractivity contribution in [2.24, 2.45) is 0 Å². The van der Waals surface area contributed by atoms with Crippen molar-refractivity contribution < 1.29 is 22.3 Å². The standard InChI is InChI=1S/C18H18ClFN2O4S/c19-13-4-1-3-12(9-13)18(23)22-17-7-6-15(10-16(17)20)27(24,25)21-11-14-5-2-8-26-14/h1,3-4,6-7,9-10,14,21H,2,5,8,11H2,(H,22,23)/t14-/m1/s1. The molecule has 1 atom stereocenters. The van der Waals surface area contributed by atoms with Crippen molar-refractivity contribution >= 4 is 33.2 Å². The van der Waals surface area contributed by atoms with Gasteiger partial charge in [0.2, 0.25) is 10.0 Å². The molecule has 0 bridgehead atoms. The molecular formula is C18H18ClFN2O4S. The minimum Gasteiger partial charge on any atom is -0.377 e. The van der Waals surface area contributed by atoms with Gasteiger partial charge in [0.25, 0.3) is 5.91 Å². The Morgan fingerprint density at radius 2 is 2.07 bits per heavy atom. The Hall–Kier alpha value is -2.00. The summed E-state index contributed by atoms with van der Waals surface area (Å²) in [5.41, 5.74) is 0.134. The Morgan fingerprint density at radius 1 is 1.26 bits per heavy atom. The maximum Gasteiger partial charge on any atom is 0.255 e. The van der Waals surface area contributed by atoms with Crippen molar-refractivity contribution in [3.05, 3.63) is 58.9 Å². The number of anilines is 1.